The summed E-state index contributed by atoms with van der Waals surface area (Å²) in [6, 6.07) is 7.63. The fraction of sp³-hybridized carbons (Fsp3) is 0.300. The van der Waals surface area contributed by atoms with E-state index in [0.29, 0.717) is 0 Å². The van der Waals surface area contributed by atoms with Crippen LogP contribution in [0.5, 0.6) is 0 Å². The number of rotatable bonds is 3. The molecule has 0 fully saturated rings. The lowest BCUT2D eigenvalue weighted by Crippen LogP contribution is -2.10. The summed E-state index contributed by atoms with van der Waals surface area (Å²) in [5.74, 6) is -0.219. The third kappa shape index (κ3) is 2.64. The third-order valence-electron chi connectivity index (χ3n) is 1.81. The molecular formula is C10H11BrO2. The van der Waals surface area contributed by atoms with E-state index in [1.54, 1.807) is 0 Å². The minimum absolute atomic E-state index is 0.219. The van der Waals surface area contributed by atoms with E-state index >= 15 is 0 Å². The van der Waals surface area contributed by atoms with Crippen molar-refractivity contribution in [1.29, 1.82) is 0 Å². The Labute approximate surface area is 85.7 Å². The second-order valence-corrected chi connectivity index (χ2v) is 3.81. The van der Waals surface area contributed by atoms with Crippen molar-refractivity contribution in [1.82, 2.24) is 0 Å². The van der Waals surface area contributed by atoms with Crippen molar-refractivity contribution >= 4 is 21.7 Å². The summed E-state index contributed by atoms with van der Waals surface area (Å²) in [5.41, 5.74) is 2.03. The molecule has 0 aliphatic rings. The van der Waals surface area contributed by atoms with E-state index in [0.717, 1.165) is 11.1 Å². The van der Waals surface area contributed by atoms with E-state index in [-0.39, 0.29) is 5.78 Å². The number of aliphatic hydroxyl groups is 1. The van der Waals surface area contributed by atoms with Crippen molar-refractivity contribution in [3.63, 3.8) is 0 Å². The fourth-order valence-electron chi connectivity index (χ4n) is 1.00. The zero-order valence-corrected chi connectivity index (χ0v) is 8.91. The first kappa shape index (κ1) is 10.4. The number of alkyl halides is 1. The van der Waals surface area contributed by atoms with E-state index in [9.17, 15) is 4.79 Å². The average Bonchev–Trinajstić information content (AvgIpc) is 2.17. The molecule has 13 heavy (non-hydrogen) atoms. The number of aliphatic hydroxyl groups excluding tert-OH is 1. The number of aryl methyl sites for hydroxylation is 1. The van der Waals surface area contributed by atoms with E-state index in [4.69, 9.17) is 5.11 Å². The summed E-state index contributed by atoms with van der Waals surface area (Å²) in [7, 11) is 0. The maximum absolute atomic E-state index is 11.1. The first-order valence-electron chi connectivity index (χ1n) is 3.99. The van der Waals surface area contributed by atoms with Crippen LogP contribution in [-0.4, -0.2) is 17.5 Å². The van der Waals surface area contributed by atoms with Gasteiger partial charge in [0.1, 0.15) is 11.4 Å². The Hall–Kier alpha value is -0.670. The van der Waals surface area contributed by atoms with Crippen LogP contribution in [0.3, 0.4) is 0 Å². The van der Waals surface area contributed by atoms with Crippen LogP contribution in [0.15, 0.2) is 24.3 Å². The molecule has 70 valence electrons. The number of hydrogen-bond acceptors (Lipinski definition) is 2. The van der Waals surface area contributed by atoms with Gasteiger partial charge in [0.25, 0.3) is 0 Å². The number of carbonyl (C=O) groups is 1. The highest BCUT2D eigenvalue weighted by atomic mass is 79.9. The fourth-order valence-corrected chi connectivity index (χ4v) is 1.45. The van der Waals surface area contributed by atoms with E-state index < -0.39 is 11.4 Å². The molecular weight excluding hydrogens is 232 g/mol. The molecule has 0 spiro atoms. The second kappa shape index (κ2) is 4.53. The molecule has 2 nitrogen and oxygen atoms in total. The molecule has 1 N–H and O–H groups in total. The lowest BCUT2D eigenvalue weighted by atomic mass is 10.1. The molecule has 0 aliphatic heterocycles. The lowest BCUT2D eigenvalue weighted by Gasteiger charge is -2.06. The topological polar surface area (TPSA) is 37.3 Å². The second-order valence-electron chi connectivity index (χ2n) is 2.90. The van der Waals surface area contributed by atoms with Gasteiger partial charge in [-0.2, -0.15) is 0 Å². The Morgan fingerprint density at radius 3 is 2.46 bits per heavy atom. The molecule has 0 aromatic heterocycles. The van der Waals surface area contributed by atoms with Gasteiger partial charge in [-0.3, -0.25) is 4.79 Å². The molecule has 1 aromatic carbocycles. The van der Waals surface area contributed by atoms with Crippen LogP contribution in [-0.2, 0) is 4.79 Å². The number of Topliss-reactive ketones (excluding diaryl/α,β-unsaturated/α-hetero) is 1. The molecule has 0 heterocycles. The quantitative estimate of drug-likeness (QED) is 0.824. The first-order valence-corrected chi connectivity index (χ1v) is 4.91. The highest BCUT2D eigenvalue weighted by Gasteiger charge is 2.15. The molecule has 0 radical (unpaired) electrons. The van der Waals surface area contributed by atoms with Crippen LogP contribution in [0, 0.1) is 6.92 Å². The van der Waals surface area contributed by atoms with Gasteiger partial charge in [-0.05, 0) is 12.5 Å². The van der Waals surface area contributed by atoms with E-state index in [1.165, 1.54) is 0 Å². The minimum atomic E-state index is -0.427. The zero-order valence-electron chi connectivity index (χ0n) is 7.33. The van der Waals surface area contributed by atoms with Crippen molar-refractivity contribution in [3.05, 3.63) is 35.4 Å². The smallest absolute Gasteiger partial charge is 0.176 e. The lowest BCUT2D eigenvalue weighted by molar-refractivity contribution is -0.121. The molecule has 0 aliphatic carbocycles. The van der Waals surface area contributed by atoms with Gasteiger partial charge in [0.2, 0.25) is 0 Å². The van der Waals surface area contributed by atoms with Crippen LogP contribution in [0.25, 0.3) is 0 Å². The van der Waals surface area contributed by atoms with Gasteiger partial charge in [0.15, 0.2) is 5.78 Å². The zero-order chi connectivity index (χ0) is 9.84. The predicted octanol–water partition coefficient (Wildman–Crippen LogP) is 1.99. The van der Waals surface area contributed by atoms with Gasteiger partial charge in [-0.15, -0.1) is 0 Å². The largest absolute Gasteiger partial charge is 0.389 e. The Balaban J connectivity index is 2.83. The Morgan fingerprint density at radius 2 is 2.00 bits per heavy atom. The standard InChI is InChI=1S/C10H11BrO2/c1-7-2-4-8(5-3-7)10(11)9(13)6-12/h2-5,10,12H,6H2,1H3. The van der Waals surface area contributed by atoms with Gasteiger partial charge in [-0.25, -0.2) is 0 Å². The van der Waals surface area contributed by atoms with E-state index in [2.05, 4.69) is 15.9 Å². The SMILES string of the molecule is Cc1ccc(C(Br)C(=O)CO)cc1. The number of halogens is 1. The summed E-state index contributed by atoms with van der Waals surface area (Å²) in [6.07, 6.45) is 0. The summed E-state index contributed by atoms with van der Waals surface area (Å²) < 4.78 is 0. The van der Waals surface area contributed by atoms with Crippen LogP contribution >= 0.6 is 15.9 Å². The molecule has 1 aromatic rings. The first-order chi connectivity index (χ1) is 6.15. The third-order valence-corrected chi connectivity index (χ3v) is 2.85. The van der Waals surface area contributed by atoms with Crippen molar-refractivity contribution in [2.75, 3.05) is 6.61 Å². The van der Waals surface area contributed by atoms with Gasteiger partial charge in [0.05, 0.1) is 0 Å². The number of ketones is 1. The minimum Gasteiger partial charge on any atom is -0.389 e. The summed E-state index contributed by atoms with van der Waals surface area (Å²) in [5, 5.41) is 8.64. The molecule has 3 heteroatoms. The molecule has 1 rings (SSSR count). The van der Waals surface area contributed by atoms with Crippen LogP contribution in [0.4, 0.5) is 0 Å². The van der Waals surface area contributed by atoms with Gasteiger partial charge < -0.3 is 5.11 Å². The van der Waals surface area contributed by atoms with E-state index in [1.807, 2.05) is 31.2 Å². The Morgan fingerprint density at radius 1 is 1.46 bits per heavy atom. The summed E-state index contributed by atoms with van der Waals surface area (Å²) in [6.45, 7) is 1.56. The highest BCUT2D eigenvalue weighted by Crippen LogP contribution is 2.23. The van der Waals surface area contributed by atoms with Crippen LogP contribution in [0.1, 0.15) is 16.0 Å². The Kier molecular flexibility index (Phi) is 3.63. The molecule has 0 saturated heterocycles. The maximum atomic E-state index is 11.1. The van der Waals surface area contributed by atoms with Crippen molar-refractivity contribution in [2.45, 2.75) is 11.8 Å². The summed E-state index contributed by atoms with van der Waals surface area (Å²) >= 11 is 3.23. The predicted molar refractivity (Wildman–Crippen MR) is 54.9 cm³/mol. The van der Waals surface area contributed by atoms with Crippen LogP contribution in [0.2, 0.25) is 0 Å². The van der Waals surface area contributed by atoms with Crippen molar-refractivity contribution < 1.29 is 9.90 Å². The molecule has 0 bridgehead atoms. The monoisotopic (exact) mass is 242 g/mol. The number of hydrogen-bond donors (Lipinski definition) is 1. The van der Waals surface area contributed by atoms with Gasteiger partial charge in [-0.1, -0.05) is 45.8 Å². The molecule has 0 amide bonds. The van der Waals surface area contributed by atoms with Gasteiger partial charge in [0, 0.05) is 0 Å². The van der Waals surface area contributed by atoms with Crippen molar-refractivity contribution in [3.8, 4) is 0 Å². The average molecular weight is 243 g/mol. The summed E-state index contributed by atoms with van der Waals surface area (Å²) in [4.78, 5) is 10.7. The molecule has 0 saturated carbocycles. The normalized spacial score (nSPS) is 12.5. The van der Waals surface area contributed by atoms with Gasteiger partial charge >= 0.3 is 0 Å². The molecule has 1 atom stereocenters. The van der Waals surface area contributed by atoms with Crippen LogP contribution < -0.4 is 0 Å². The highest BCUT2D eigenvalue weighted by molar-refractivity contribution is 9.09. The molecule has 1 unspecified atom stereocenters. The number of benzene rings is 1. The maximum Gasteiger partial charge on any atom is 0.176 e. The Bertz CT molecular complexity index is 292. The number of carbonyl (C=O) groups excluding carboxylic acids is 1. The van der Waals surface area contributed by atoms with Crippen molar-refractivity contribution in [2.24, 2.45) is 0 Å².